The summed E-state index contributed by atoms with van der Waals surface area (Å²) >= 11 is 0. The molecule has 0 radical (unpaired) electrons. The summed E-state index contributed by atoms with van der Waals surface area (Å²) in [6.07, 6.45) is 5.59. The van der Waals surface area contributed by atoms with Crippen molar-refractivity contribution >= 4 is 19.7 Å². The molecule has 24 heavy (non-hydrogen) atoms. The van der Waals surface area contributed by atoms with Gasteiger partial charge in [-0.15, -0.1) is 12.0 Å². The number of carbonyl (C=O) groups is 1. The maximum atomic E-state index is 11.6. The molecular weight excluding hydrogens is 310 g/mol. The van der Waals surface area contributed by atoms with Gasteiger partial charge >= 0.3 is 0 Å². The van der Waals surface area contributed by atoms with Crippen LogP contribution in [0.25, 0.3) is 11.1 Å². The van der Waals surface area contributed by atoms with Crippen LogP contribution in [0.3, 0.4) is 0 Å². The summed E-state index contributed by atoms with van der Waals surface area (Å²) in [4.78, 5) is 11.6. The van der Waals surface area contributed by atoms with Gasteiger partial charge in [0.25, 0.3) is 0 Å². The highest BCUT2D eigenvalue weighted by molar-refractivity contribution is 6.83. The van der Waals surface area contributed by atoms with Crippen LogP contribution >= 0.6 is 0 Å². The van der Waals surface area contributed by atoms with Gasteiger partial charge in [-0.2, -0.15) is 0 Å². The van der Waals surface area contributed by atoms with Crippen LogP contribution in [-0.2, 0) is 4.79 Å². The molecular formula is C21H21NOSi. The van der Waals surface area contributed by atoms with E-state index in [4.69, 9.17) is 6.42 Å². The summed E-state index contributed by atoms with van der Waals surface area (Å²) in [6.45, 7) is 8.07. The molecule has 0 atom stereocenters. The molecule has 3 heteroatoms. The number of carbonyl (C=O) groups excluding carboxylic acids is 1. The molecule has 1 amide bonds. The van der Waals surface area contributed by atoms with Crippen LogP contribution in [0.15, 0.2) is 42.5 Å². The van der Waals surface area contributed by atoms with E-state index in [0.717, 1.165) is 27.9 Å². The predicted molar refractivity (Wildman–Crippen MR) is 104 cm³/mol. The lowest BCUT2D eigenvalue weighted by molar-refractivity contribution is -0.114. The van der Waals surface area contributed by atoms with E-state index in [-0.39, 0.29) is 5.91 Å². The van der Waals surface area contributed by atoms with Gasteiger partial charge in [0.2, 0.25) is 5.91 Å². The number of benzene rings is 2. The van der Waals surface area contributed by atoms with E-state index >= 15 is 0 Å². The summed E-state index contributed by atoms with van der Waals surface area (Å²) in [5, 5.41) is 2.88. The van der Waals surface area contributed by atoms with Crippen molar-refractivity contribution in [3.63, 3.8) is 0 Å². The van der Waals surface area contributed by atoms with Crippen LogP contribution in [0.5, 0.6) is 0 Å². The minimum atomic E-state index is -1.50. The molecule has 0 bridgehead atoms. The first kappa shape index (κ1) is 17.6. The molecule has 120 valence electrons. The largest absolute Gasteiger partial charge is 0.325 e. The van der Waals surface area contributed by atoms with Crippen molar-refractivity contribution in [2.24, 2.45) is 0 Å². The quantitative estimate of drug-likeness (QED) is 0.636. The molecule has 0 aromatic heterocycles. The van der Waals surface area contributed by atoms with Crippen molar-refractivity contribution in [1.82, 2.24) is 0 Å². The van der Waals surface area contributed by atoms with Crippen LogP contribution in [-0.4, -0.2) is 14.0 Å². The lowest BCUT2D eigenvalue weighted by Gasteiger charge is -2.11. The normalized spacial score (nSPS) is 10.3. The Morgan fingerprint density at radius 2 is 1.79 bits per heavy atom. The molecule has 0 unspecified atom stereocenters. The fourth-order valence-electron chi connectivity index (χ4n) is 2.23. The van der Waals surface area contributed by atoms with Crippen LogP contribution in [0, 0.1) is 23.8 Å². The van der Waals surface area contributed by atoms with Gasteiger partial charge in [-0.05, 0) is 29.3 Å². The third-order valence-corrected chi connectivity index (χ3v) is 4.17. The molecule has 1 N–H and O–H groups in total. The highest BCUT2D eigenvalue weighted by Gasteiger charge is 2.10. The summed E-state index contributed by atoms with van der Waals surface area (Å²) < 4.78 is 0. The predicted octanol–water partition coefficient (Wildman–Crippen LogP) is 4.52. The van der Waals surface area contributed by atoms with Crippen LogP contribution in [0.1, 0.15) is 18.1 Å². The molecule has 2 rings (SSSR count). The van der Waals surface area contributed by atoms with Gasteiger partial charge in [0.1, 0.15) is 8.07 Å². The second kappa shape index (κ2) is 7.21. The average Bonchev–Trinajstić information content (AvgIpc) is 2.52. The topological polar surface area (TPSA) is 29.1 Å². The molecule has 0 saturated heterocycles. The monoisotopic (exact) mass is 331 g/mol. The third-order valence-electron chi connectivity index (χ3n) is 3.30. The summed E-state index contributed by atoms with van der Waals surface area (Å²) in [7, 11) is -1.50. The standard InChI is InChI=1S/C21H21NOSi/c1-6-17-9-7-8-10-20(17)19-12-11-18(13-14-24(3,4)5)21(15-19)22-16(2)23/h1,7-12,15H,2-5H3,(H,22,23). The van der Waals surface area contributed by atoms with Crippen molar-refractivity contribution in [2.45, 2.75) is 26.6 Å². The lowest BCUT2D eigenvalue weighted by Crippen LogP contribution is -2.16. The number of terminal acetylenes is 1. The molecule has 2 nitrogen and oxygen atoms in total. The number of amides is 1. The Hall–Kier alpha value is -2.75. The zero-order chi connectivity index (χ0) is 17.7. The van der Waals surface area contributed by atoms with Crippen molar-refractivity contribution in [1.29, 1.82) is 0 Å². The first-order chi connectivity index (χ1) is 11.3. The van der Waals surface area contributed by atoms with Gasteiger partial charge < -0.3 is 5.32 Å². The highest BCUT2D eigenvalue weighted by atomic mass is 28.3. The van der Waals surface area contributed by atoms with E-state index in [1.54, 1.807) is 0 Å². The SMILES string of the molecule is C#Cc1ccccc1-c1ccc(C#C[Si](C)(C)C)c(NC(C)=O)c1. The van der Waals surface area contributed by atoms with Gasteiger partial charge in [-0.3, -0.25) is 4.79 Å². The minimum Gasteiger partial charge on any atom is -0.325 e. The third kappa shape index (κ3) is 4.62. The Labute approximate surface area is 145 Å². The Kier molecular flexibility index (Phi) is 5.29. The van der Waals surface area contributed by atoms with Crippen molar-refractivity contribution in [3.8, 4) is 34.9 Å². The van der Waals surface area contributed by atoms with E-state index in [0.29, 0.717) is 0 Å². The molecule has 2 aromatic carbocycles. The Morgan fingerprint density at radius 3 is 2.42 bits per heavy atom. The second-order valence-corrected chi connectivity index (χ2v) is 11.4. The fraction of sp³-hybridized carbons (Fsp3) is 0.190. The zero-order valence-corrected chi connectivity index (χ0v) is 15.5. The van der Waals surface area contributed by atoms with E-state index < -0.39 is 8.07 Å². The van der Waals surface area contributed by atoms with Crippen LogP contribution in [0.4, 0.5) is 5.69 Å². The smallest absolute Gasteiger partial charge is 0.221 e. The van der Waals surface area contributed by atoms with E-state index in [9.17, 15) is 4.79 Å². The van der Waals surface area contributed by atoms with Crippen molar-refractivity contribution in [2.75, 3.05) is 5.32 Å². The molecule has 2 aromatic rings. The van der Waals surface area contributed by atoms with Gasteiger partial charge in [-0.25, -0.2) is 0 Å². The minimum absolute atomic E-state index is 0.117. The van der Waals surface area contributed by atoms with Crippen molar-refractivity contribution in [3.05, 3.63) is 53.6 Å². The fourth-order valence-corrected chi connectivity index (χ4v) is 2.74. The molecule has 0 spiro atoms. The molecule has 0 saturated carbocycles. The van der Waals surface area contributed by atoms with Crippen molar-refractivity contribution < 1.29 is 4.79 Å². The number of nitrogens with one attached hydrogen (secondary N) is 1. The highest BCUT2D eigenvalue weighted by Crippen LogP contribution is 2.28. The molecule has 0 aliphatic carbocycles. The van der Waals surface area contributed by atoms with E-state index in [1.807, 2.05) is 42.5 Å². The maximum Gasteiger partial charge on any atom is 0.221 e. The number of hydrogen-bond acceptors (Lipinski definition) is 1. The number of anilines is 1. The first-order valence-corrected chi connectivity index (χ1v) is 11.3. The van der Waals surface area contributed by atoms with Gasteiger partial charge in [0.05, 0.1) is 5.69 Å². The molecule has 0 heterocycles. The van der Waals surface area contributed by atoms with E-state index in [2.05, 4.69) is 42.3 Å². The van der Waals surface area contributed by atoms with Gasteiger partial charge in [0.15, 0.2) is 0 Å². The average molecular weight is 331 g/mol. The number of rotatable bonds is 2. The summed E-state index contributed by atoms with van der Waals surface area (Å²) in [5.41, 5.74) is 7.65. The first-order valence-electron chi connectivity index (χ1n) is 7.81. The maximum absolute atomic E-state index is 11.6. The zero-order valence-electron chi connectivity index (χ0n) is 14.5. The Bertz CT molecular complexity index is 873. The molecule has 0 aliphatic rings. The summed E-state index contributed by atoms with van der Waals surface area (Å²) in [6, 6.07) is 13.6. The number of hydrogen-bond donors (Lipinski definition) is 1. The second-order valence-electron chi connectivity index (χ2n) is 6.63. The summed E-state index contributed by atoms with van der Waals surface area (Å²) in [5.74, 6) is 5.81. The Morgan fingerprint density at radius 1 is 1.08 bits per heavy atom. The van der Waals surface area contributed by atoms with Gasteiger partial charge in [0, 0.05) is 18.1 Å². The Balaban J connectivity index is 2.56. The van der Waals surface area contributed by atoms with Gasteiger partial charge in [-0.1, -0.05) is 55.7 Å². The molecule has 0 aliphatic heterocycles. The molecule has 0 fully saturated rings. The van der Waals surface area contributed by atoms with Crippen LogP contribution < -0.4 is 5.32 Å². The van der Waals surface area contributed by atoms with E-state index in [1.165, 1.54) is 6.92 Å². The lowest BCUT2D eigenvalue weighted by atomic mass is 9.98. The van der Waals surface area contributed by atoms with Crippen LogP contribution in [0.2, 0.25) is 19.6 Å².